The second-order valence-corrected chi connectivity index (χ2v) is 5.46. The maximum absolute atomic E-state index is 13.2. The highest BCUT2D eigenvalue weighted by Gasteiger charge is 2.35. The minimum absolute atomic E-state index is 0.110. The van der Waals surface area contributed by atoms with Crippen molar-refractivity contribution in [3.63, 3.8) is 0 Å². The van der Waals surface area contributed by atoms with Crippen LogP contribution in [0.2, 0.25) is 0 Å². The predicted octanol–water partition coefficient (Wildman–Crippen LogP) is 3.32. The Morgan fingerprint density at radius 3 is 2.62 bits per heavy atom. The quantitative estimate of drug-likeness (QED) is 0.642. The molecule has 1 aliphatic rings. The fourth-order valence-corrected chi connectivity index (χ4v) is 2.91. The molecular formula is C14H17FN2O4. The number of hydrogen-bond donors (Lipinski definition) is 2. The van der Waals surface area contributed by atoms with Crippen LogP contribution in [0, 0.1) is 15.9 Å². The molecule has 114 valence electrons. The number of nitrogens with one attached hydrogen (secondary N) is 1. The van der Waals surface area contributed by atoms with Crippen LogP contribution in [0.5, 0.6) is 0 Å². The van der Waals surface area contributed by atoms with E-state index in [9.17, 15) is 19.3 Å². The van der Waals surface area contributed by atoms with E-state index in [1.165, 1.54) is 6.07 Å². The molecular weight excluding hydrogens is 279 g/mol. The van der Waals surface area contributed by atoms with Crippen molar-refractivity contribution in [3.05, 3.63) is 34.1 Å². The van der Waals surface area contributed by atoms with Crippen LogP contribution in [0.1, 0.15) is 38.5 Å². The molecule has 0 aliphatic heterocycles. The normalized spacial score (nSPS) is 17.2. The van der Waals surface area contributed by atoms with Crippen LogP contribution in [-0.2, 0) is 4.79 Å². The van der Waals surface area contributed by atoms with E-state index >= 15 is 0 Å². The topological polar surface area (TPSA) is 92.5 Å². The van der Waals surface area contributed by atoms with Gasteiger partial charge in [0.25, 0.3) is 5.69 Å². The summed E-state index contributed by atoms with van der Waals surface area (Å²) in [6, 6.07) is 3.28. The molecule has 0 bridgehead atoms. The summed E-state index contributed by atoms with van der Waals surface area (Å²) in [4.78, 5) is 21.5. The molecule has 0 heterocycles. The van der Waals surface area contributed by atoms with Gasteiger partial charge in [-0.3, -0.25) is 14.9 Å². The number of carbonyl (C=O) groups is 1. The van der Waals surface area contributed by atoms with Crippen molar-refractivity contribution < 1.29 is 19.2 Å². The van der Waals surface area contributed by atoms with Crippen LogP contribution in [0.15, 0.2) is 18.2 Å². The number of anilines is 1. The molecule has 1 aromatic rings. The monoisotopic (exact) mass is 296 g/mol. The van der Waals surface area contributed by atoms with E-state index in [1.54, 1.807) is 0 Å². The molecule has 0 amide bonds. The summed E-state index contributed by atoms with van der Waals surface area (Å²) in [6.07, 6.45) is 3.92. The van der Waals surface area contributed by atoms with Gasteiger partial charge in [0, 0.05) is 5.54 Å². The number of carboxylic acids is 1. The van der Waals surface area contributed by atoms with Gasteiger partial charge >= 0.3 is 5.97 Å². The molecule has 1 fully saturated rings. The Labute approximate surface area is 121 Å². The highest BCUT2D eigenvalue weighted by Crippen LogP contribution is 2.37. The predicted molar refractivity (Wildman–Crippen MR) is 74.7 cm³/mol. The van der Waals surface area contributed by atoms with Gasteiger partial charge in [-0.2, -0.15) is 0 Å². The first-order valence-electron chi connectivity index (χ1n) is 6.86. The van der Waals surface area contributed by atoms with Gasteiger partial charge < -0.3 is 10.4 Å². The third-order valence-corrected chi connectivity index (χ3v) is 3.86. The molecule has 1 aromatic carbocycles. The highest BCUT2D eigenvalue weighted by atomic mass is 19.1. The van der Waals surface area contributed by atoms with E-state index in [0.29, 0.717) is 12.8 Å². The average Bonchev–Trinajstić information content (AvgIpc) is 2.40. The van der Waals surface area contributed by atoms with Crippen molar-refractivity contribution in [3.8, 4) is 0 Å². The molecule has 7 heteroatoms. The second-order valence-electron chi connectivity index (χ2n) is 5.46. The SMILES string of the molecule is O=C(O)CC1(Nc2ccc(F)cc2[N+](=O)[O-])CCCCC1. The number of benzene rings is 1. The molecule has 0 spiro atoms. The fraction of sp³-hybridized carbons (Fsp3) is 0.500. The lowest BCUT2D eigenvalue weighted by Crippen LogP contribution is -2.42. The Morgan fingerprint density at radius 2 is 2.05 bits per heavy atom. The molecule has 0 radical (unpaired) electrons. The van der Waals surface area contributed by atoms with E-state index in [1.807, 2.05) is 0 Å². The van der Waals surface area contributed by atoms with Crippen LogP contribution >= 0.6 is 0 Å². The summed E-state index contributed by atoms with van der Waals surface area (Å²) >= 11 is 0. The van der Waals surface area contributed by atoms with Gasteiger partial charge in [-0.25, -0.2) is 4.39 Å². The van der Waals surface area contributed by atoms with Crippen LogP contribution in [0.4, 0.5) is 15.8 Å². The zero-order valence-corrected chi connectivity index (χ0v) is 11.5. The largest absolute Gasteiger partial charge is 0.481 e. The average molecular weight is 296 g/mol. The van der Waals surface area contributed by atoms with Gasteiger partial charge in [-0.15, -0.1) is 0 Å². The van der Waals surface area contributed by atoms with E-state index in [-0.39, 0.29) is 17.8 Å². The first-order valence-corrected chi connectivity index (χ1v) is 6.86. The Balaban J connectivity index is 2.32. The lowest BCUT2D eigenvalue weighted by Gasteiger charge is -2.37. The van der Waals surface area contributed by atoms with Crippen LogP contribution < -0.4 is 5.32 Å². The third-order valence-electron chi connectivity index (χ3n) is 3.86. The minimum atomic E-state index is -0.950. The Kier molecular flexibility index (Phi) is 4.40. The van der Waals surface area contributed by atoms with Crippen molar-refractivity contribution in [2.75, 3.05) is 5.32 Å². The summed E-state index contributed by atoms with van der Waals surface area (Å²) in [7, 11) is 0. The van der Waals surface area contributed by atoms with Gasteiger partial charge in [0.15, 0.2) is 0 Å². The molecule has 1 saturated carbocycles. The van der Waals surface area contributed by atoms with Crippen molar-refractivity contribution in [2.24, 2.45) is 0 Å². The first kappa shape index (κ1) is 15.2. The van der Waals surface area contributed by atoms with Gasteiger partial charge in [0.1, 0.15) is 11.5 Å². The van der Waals surface area contributed by atoms with Crippen molar-refractivity contribution in [1.29, 1.82) is 0 Å². The maximum Gasteiger partial charge on any atom is 0.305 e. The highest BCUT2D eigenvalue weighted by molar-refractivity contribution is 5.71. The number of hydrogen-bond acceptors (Lipinski definition) is 4. The molecule has 0 aromatic heterocycles. The molecule has 2 N–H and O–H groups in total. The standard InChI is InChI=1S/C14H17FN2O4/c15-10-4-5-11(12(8-10)17(20)21)16-14(9-13(18)19)6-2-1-3-7-14/h4-5,8,16H,1-3,6-7,9H2,(H,18,19). The summed E-state index contributed by atoms with van der Waals surface area (Å²) in [6.45, 7) is 0. The number of rotatable bonds is 5. The Bertz CT molecular complexity index is 556. The Morgan fingerprint density at radius 1 is 1.38 bits per heavy atom. The molecule has 0 saturated heterocycles. The first-order chi connectivity index (χ1) is 9.92. The fourth-order valence-electron chi connectivity index (χ4n) is 2.91. The zero-order chi connectivity index (χ0) is 15.5. The summed E-state index contributed by atoms with van der Waals surface area (Å²) in [5.41, 5.74) is -0.901. The smallest absolute Gasteiger partial charge is 0.305 e. The Hall–Kier alpha value is -2.18. The number of aliphatic carboxylic acids is 1. The molecule has 1 aliphatic carbocycles. The van der Waals surface area contributed by atoms with Gasteiger partial charge in [0.05, 0.1) is 17.4 Å². The van der Waals surface area contributed by atoms with Crippen molar-refractivity contribution in [1.82, 2.24) is 0 Å². The van der Waals surface area contributed by atoms with Crippen molar-refractivity contribution in [2.45, 2.75) is 44.1 Å². The van der Waals surface area contributed by atoms with Gasteiger partial charge in [0.2, 0.25) is 0 Å². The molecule has 0 unspecified atom stereocenters. The number of nitro groups is 1. The number of halogens is 1. The molecule has 21 heavy (non-hydrogen) atoms. The van der Waals surface area contributed by atoms with Crippen LogP contribution in [0.25, 0.3) is 0 Å². The van der Waals surface area contributed by atoms with Gasteiger partial charge in [-0.05, 0) is 25.0 Å². The number of nitro benzene ring substituents is 1. The van der Waals surface area contributed by atoms with E-state index in [2.05, 4.69) is 5.32 Å². The third kappa shape index (κ3) is 3.68. The van der Waals surface area contributed by atoms with Crippen LogP contribution in [0.3, 0.4) is 0 Å². The summed E-state index contributed by atoms with van der Waals surface area (Å²) < 4.78 is 13.2. The maximum atomic E-state index is 13.2. The van der Waals surface area contributed by atoms with E-state index in [4.69, 9.17) is 5.11 Å². The van der Waals surface area contributed by atoms with E-state index < -0.39 is 22.2 Å². The zero-order valence-electron chi connectivity index (χ0n) is 11.5. The molecule has 2 rings (SSSR count). The lowest BCUT2D eigenvalue weighted by atomic mass is 9.79. The number of carboxylic acid groups (broad SMARTS) is 1. The van der Waals surface area contributed by atoms with Gasteiger partial charge in [-0.1, -0.05) is 19.3 Å². The molecule has 0 atom stereocenters. The molecule has 6 nitrogen and oxygen atoms in total. The minimum Gasteiger partial charge on any atom is -0.481 e. The summed E-state index contributed by atoms with van der Waals surface area (Å²) in [5, 5.41) is 23.1. The summed E-state index contributed by atoms with van der Waals surface area (Å²) in [5.74, 6) is -1.64. The van der Waals surface area contributed by atoms with E-state index in [0.717, 1.165) is 31.4 Å². The number of nitrogens with zero attached hydrogens (tertiary/aromatic N) is 1. The van der Waals surface area contributed by atoms with Crippen LogP contribution in [-0.4, -0.2) is 21.5 Å². The van der Waals surface area contributed by atoms with Crippen molar-refractivity contribution >= 4 is 17.3 Å². The lowest BCUT2D eigenvalue weighted by molar-refractivity contribution is -0.384. The second kappa shape index (κ2) is 6.07.